The van der Waals surface area contributed by atoms with Gasteiger partial charge in [-0.25, -0.2) is 9.48 Å². The van der Waals surface area contributed by atoms with Crippen molar-refractivity contribution in [3.63, 3.8) is 0 Å². The highest BCUT2D eigenvalue weighted by Crippen LogP contribution is 2.27. The molecule has 0 aliphatic rings. The number of nitrogens with zero attached hydrogens (tertiary/aromatic N) is 4. The molecule has 0 atom stereocenters. The highest BCUT2D eigenvalue weighted by molar-refractivity contribution is 5.95. The molecule has 0 bridgehead atoms. The quantitative estimate of drug-likeness (QED) is 0.693. The van der Waals surface area contributed by atoms with Gasteiger partial charge in [-0.05, 0) is 37.6 Å². The smallest absolute Gasteiger partial charge is 0.359 e. The van der Waals surface area contributed by atoms with Crippen LogP contribution in [0.1, 0.15) is 23.0 Å². The van der Waals surface area contributed by atoms with Gasteiger partial charge >= 0.3 is 5.97 Å². The molecule has 6 heteroatoms. The third-order valence-corrected chi connectivity index (χ3v) is 3.42. The highest BCUT2D eigenvalue weighted by Gasteiger charge is 2.21. The molecular weight excluding hydrogens is 292 g/mol. The zero-order chi connectivity index (χ0) is 16.2. The number of carbonyl (C=O) groups excluding carboxylic acids is 1. The van der Waals surface area contributed by atoms with E-state index in [4.69, 9.17) is 4.74 Å². The largest absolute Gasteiger partial charge is 0.461 e. The summed E-state index contributed by atoms with van der Waals surface area (Å²) in [5, 5.41) is 4.39. The molecule has 0 amide bonds. The summed E-state index contributed by atoms with van der Waals surface area (Å²) >= 11 is 0. The molecule has 0 spiro atoms. The van der Waals surface area contributed by atoms with Crippen molar-refractivity contribution >= 4 is 5.97 Å². The van der Waals surface area contributed by atoms with E-state index in [0.717, 1.165) is 16.8 Å². The topological polar surface area (TPSA) is 69.9 Å². The van der Waals surface area contributed by atoms with E-state index < -0.39 is 5.97 Å². The van der Waals surface area contributed by atoms with Crippen LogP contribution in [0.15, 0.2) is 49.2 Å². The van der Waals surface area contributed by atoms with Gasteiger partial charge in [-0.2, -0.15) is 5.10 Å². The number of hydrogen-bond donors (Lipinski definition) is 0. The number of aromatic nitrogens is 4. The van der Waals surface area contributed by atoms with Crippen molar-refractivity contribution in [3.05, 3.63) is 60.4 Å². The van der Waals surface area contributed by atoms with Crippen molar-refractivity contribution in [2.75, 3.05) is 6.61 Å². The first kappa shape index (κ1) is 14.9. The molecule has 0 fully saturated rings. The number of ether oxygens (including phenoxy) is 1. The van der Waals surface area contributed by atoms with Crippen LogP contribution in [-0.4, -0.2) is 32.3 Å². The summed E-state index contributed by atoms with van der Waals surface area (Å²) in [5.74, 6) is -0.451. The number of carbonyl (C=O) groups is 1. The SMILES string of the molecule is CCOC(=O)c1nn(-c2cccnc2)cc1-c1cnccc1C. The molecular formula is C17H16N4O2. The lowest BCUT2D eigenvalue weighted by Gasteiger charge is -2.04. The Morgan fingerprint density at radius 1 is 1.17 bits per heavy atom. The minimum Gasteiger partial charge on any atom is -0.461 e. The van der Waals surface area contributed by atoms with Gasteiger partial charge in [-0.1, -0.05) is 0 Å². The lowest BCUT2D eigenvalue weighted by molar-refractivity contribution is 0.0520. The van der Waals surface area contributed by atoms with Gasteiger partial charge < -0.3 is 4.74 Å². The van der Waals surface area contributed by atoms with Gasteiger partial charge in [0.2, 0.25) is 0 Å². The maximum atomic E-state index is 12.3. The van der Waals surface area contributed by atoms with Crippen molar-refractivity contribution < 1.29 is 9.53 Å². The maximum absolute atomic E-state index is 12.3. The molecule has 3 heterocycles. The molecule has 0 aromatic carbocycles. The molecule has 3 aromatic heterocycles. The Labute approximate surface area is 133 Å². The van der Waals surface area contributed by atoms with Crippen LogP contribution < -0.4 is 0 Å². The Morgan fingerprint density at radius 2 is 2.00 bits per heavy atom. The summed E-state index contributed by atoms with van der Waals surface area (Å²) < 4.78 is 6.75. The van der Waals surface area contributed by atoms with Crippen LogP contribution in [0.5, 0.6) is 0 Å². The van der Waals surface area contributed by atoms with E-state index in [9.17, 15) is 4.79 Å². The van der Waals surface area contributed by atoms with Gasteiger partial charge in [0.25, 0.3) is 0 Å². The molecule has 0 N–H and O–H groups in total. The van der Waals surface area contributed by atoms with Crippen LogP contribution in [0.3, 0.4) is 0 Å². The summed E-state index contributed by atoms with van der Waals surface area (Å²) in [4.78, 5) is 20.5. The minimum absolute atomic E-state index is 0.270. The van der Waals surface area contributed by atoms with E-state index >= 15 is 0 Å². The zero-order valence-corrected chi connectivity index (χ0v) is 12.9. The van der Waals surface area contributed by atoms with Crippen molar-refractivity contribution in [1.82, 2.24) is 19.7 Å². The van der Waals surface area contributed by atoms with Crippen molar-refractivity contribution in [3.8, 4) is 16.8 Å². The van der Waals surface area contributed by atoms with Gasteiger partial charge in [-0.15, -0.1) is 0 Å². The first-order valence-corrected chi connectivity index (χ1v) is 7.29. The van der Waals surface area contributed by atoms with Crippen molar-refractivity contribution in [2.24, 2.45) is 0 Å². The molecule has 3 aromatic rings. The normalized spacial score (nSPS) is 10.5. The molecule has 0 aliphatic heterocycles. The van der Waals surface area contributed by atoms with Crippen molar-refractivity contribution in [2.45, 2.75) is 13.8 Å². The third-order valence-electron chi connectivity index (χ3n) is 3.42. The molecule has 6 nitrogen and oxygen atoms in total. The molecule has 23 heavy (non-hydrogen) atoms. The Kier molecular flexibility index (Phi) is 4.14. The van der Waals surface area contributed by atoms with E-state index in [0.29, 0.717) is 12.2 Å². The molecule has 0 radical (unpaired) electrons. The molecule has 3 rings (SSSR count). The second-order valence-corrected chi connectivity index (χ2v) is 4.96. The zero-order valence-electron chi connectivity index (χ0n) is 12.9. The number of aryl methyl sites for hydroxylation is 1. The van der Waals surface area contributed by atoms with E-state index in [1.807, 2.05) is 25.1 Å². The number of esters is 1. The van der Waals surface area contributed by atoms with Crippen molar-refractivity contribution in [1.29, 1.82) is 0 Å². The second kappa shape index (κ2) is 6.39. The molecule has 0 aliphatic carbocycles. The molecule has 0 saturated carbocycles. The average Bonchev–Trinajstić information content (AvgIpc) is 3.01. The number of pyridine rings is 2. The highest BCUT2D eigenvalue weighted by atomic mass is 16.5. The van der Waals surface area contributed by atoms with Crippen LogP contribution in [-0.2, 0) is 4.74 Å². The van der Waals surface area contributed by atoms with Gasteiger partial charge in [0.05, 0.1) is 18.5 Å². The van der Waals surface area contributed by atoms with E-state index in [2.05, 4.69) is 15.1 Å². The van der Waals surface area contributed by atoms with Crippen LogP contribution >= 0.6 is 0 Å². The summed E-state index contributed by atoms with van der Waals surface area (Å²) in [5.41, 5.74) is 3.59. The summed E-state index contributed by atoms with van der Waals surface area (Å²) in [6.07, 6.45) is 8.61. The lowest BCUT2D eigenvalue weighted by atomic mass is 10.0. The van der Waals surface area contributed by atoms with Crippen LogP contribution in [0.4, 0.5) is 0 Å². The number of hydrogen-bond acceptors (Lipinski definition) is 5. The standard InChI is InChI=1S/C17H16N4O2/c1-3-23-17(22)16-15(14-10-19-8-6-12(14)2)11-21(20-16)13-5-4-7-18-9-13/h4-11H,3H2,1-2H3. The Hall–Kier alpha value is -3.02. The van der Waals surface area contributed by atoms with Crippen LogP contribution in [0, 0.1) is 6.92 Å². The fraction of sp³-hybridized carbons (Fsp3) is 0.176. The first-order valence-electron chi connectivity index (χ1n) is 7.29. The predicted molar refractivity (Wildman–Crippen MR) is 85.3 cm³/mol. The molecule has 0 saturated heterocycles. The molecule has 0 unspecified atom stereocenters. The van der Waals surface area contributed by atoms with E-state index in [-0.39, 0.29) is 5.69 Å². The Morgan fingerprint density at radius 3 is 2.70 bits per heavy atom. The van der Waals surface area contributed by atoms with Gasteiger partial charge in [0.15, 0.2) is 5.69 Å². The van der Waals surface area contributed by atoms with E-state index in [1.165, 1.54) is 0 Å². The Balaban J connectivity index is 2.15. The third kappa shape index (κ3) is 2.96. The van der Waals surface area contributed by atoms with Gasteiger partial charge in [0.1, 0.15) is 0 Å². The monoisotopic (exact) mass is 308 g/mol. The van der Waals surface area contributed by atoms with Gasteiger partial charge in [0, 0.05) is 35.9 Å². The second-order valence-electron chi connectivity index (χ2n) is 4.96. The summed E-state index contributed by atoms with van der Waals surface area (Å²) in [6.45, 7) is 4.03. The predicted octanol–water partition coefficient (Wildman–Crippen LogP) is 2.81. The maximum Gasteiger partial charge on any atom is 0.359 e. The van der Waals surface area contributed by atoms with Gasteiger partial charge in [-0.3, -0.25) is 9.97 Å². The minimum atomic E-state index is -0.451. The first-order chi connectivity index (χ1) is 11.2. The van der Waals surface area contributed by atoms with Crippen LogP contribution in [0.25, 0.3) is 16.8 Å². The Bertz CT molecular complexity index is 828. The summed E-state index contributed by atoms with van der Waals surface area (Å²) in [7, 11) is 0. The molecule has 116 valence electrons. The number of rotatable bonds is 4. The fourth-order valence-corrected chi connectivity index (χ4v) is 2.29. The average molecular weight is 308 g/mol. The fourth-order valence-electron chi connectivity index (χ4n) is 2.29. The van der Waals surface area contributed by atoms with E-state index in [1.54, 1.807) is 42.6 Å². The lowest BCUT2D eigenvalue weighted by Crippen LogP contribution is -2.08. The van der Waals surface area contributed by atoms with Crippen LogP contribution in [0.2, 0.25) is 0 Å². The summed E-state index contributed by atoms with van der Waals surface area (Å²) in [6, 6.07) is 5.58.